The van der Waals surface area contributed by atoms with E-state index in [-0.39, 0.29) is 23.9 Å². The molecule has 0 aromatic heterocycles. The molecule has 2 aromatic carbocycles. The Morgan fingerprint density at radius 2 is 1.63 bits per heavy atom. The highest BCUT2D eigenvalue weighted by Crippen LogP contribution is 2.34. The number of ether oxygens (including phenoxy) is 2. The molecule has 9 heteroatoms. The normalized spacial score (nSPS) is 15.2. The highest BCUT2D eigenvalue weighted by molar-refractivity contribution is 9.10. The van der Waals surface area contributed by atoms with Crippen LogP contribution in [0.4, 0.5) is 0 Å². The first-order valence-corrected chi connectivity index (χ1v) is 11.7. The van der Waals surface area contributed by atoms with Crippen molar-refractivity contribution in [1.82, 2.24) is 9.21 Å². The molecule has 0 bridgehead atoms. The number of benzene rings is 2. The molecule has 1 amide bonds. The standard InChI is InChI=1S/C21H25BrN2O5S/c1-14-5-6-17(11-15(14)2)30(26,27)24-9-7-23(8-10-24)21(25)18-12-16(28-3)13-19(22)20(18)29-4/h5-6,11-13H,7-10H2,1-4H3. The van der Waals surface area contributed by atoms with E-state index >= 15 is 0 Å². The lowest BCUT2D eigenvalue weighted by Crippen LogP contribution is -2.50. The van der Waals surface area contributed by atoms with Crippen LogP contribution in [0.15, 0.2) is 39.7 Å². The van der Waals surface area contributed by atoms with Crippen molar-refractivity contribution in [3.05, 3.63) is 51.5 Å². The van der Waals surface area contributed by atoms with Crippen LogP contribution in [0.25, 0.3) is 0 Å². The predicted octanol–water partition coefficient (Wildman–Crippen LogP) is 3.23. The molecule has 1 heterocycles. The molecule has 1 fully saturated rings. The summed E-state index contributed by atoms with van der Waals surface area (Å²) >= 11 is 3.40. The summed E-state index contributed by atoms with van der Waals surface area (Å²) in [7, 11) is -0.578. The van der Waals surface area contributed by atoms with Gasteiger partial charge in [0.1, 0.15) is 11.5 Å². The van der Waals surface area contributed by atoms with Gasteiger partial charge in [0.2, 0.25) is 10.0 Å². The van der Waals surface area contributed by atoms with Crippen LogP contribution in [0.5, 0.6) is 11.5 Å². The minimum absolute atomic E-state index is 0.227. The average Bonchev–Trinajstić information content (AvgIpc) is 2.74. The Bertz CT molecular complexity index is 1060. The third kappa shape index (κ3) is 4.33. The number of aryl methyl sites for hydroxylation is 2. The Balaban J connectivity index is 1.78. The summed E-state index contributed by atoms with van der Waals surface area (Å²) in [6.45, 7) is 4.89. The molecule has 0 unspecified atom stereocenters. The molecule has 3 rings (SSSR count). The minimum Gasteiger partial charge on any atom is -0.497 e. The molecule has 0 aliphatic carbocycles. The van der Waals surface area contributed by atoms with Crippen LogP contribution in [-0.4, -0.2) is 63.9 Å². The van der Waals surface area contributed by atoms with Crippen molar-refractivity contribution in [3.63, 3.8) is 0 Å². The lowest BCUT2D eigenvalue weighted by Gasteiger charge is -2.34. The number of rotatable bonds is 5. The number of carbonyl (C=O) groups excluding carboxylic acids is 1. The second-order valence-electron chi connectivity index (χ2n) is 7.13. The van der Waals surface area contributed by atoms with Crippen LogP contribution in [0.3, 0.4) is 0 Å². The molecule has 2 aromatic rings. The van der Waals surface area contributed by atoms with Gasteiger partial charge in [-0.1, -0.05) is 6.07 Å². The van der Waals surface area contributed by atoms with Crippen LogP contribution in [0.2, 0.25) is 0 Å². The van der Waals surface area contributed by atoms with Crippen LogP contribution in [-0.2, 0) is 10.0 Å². The first kappa shape index (κ1) is 22.6. The van der Waals surface area contributed by atoms with Gasteiger partial charge < -0.3 is 14.4 Å². The fraction of sp³-hybridized carbons (Fsp3) is 0.381. The summed E-state index contributed by atoms with van der Waals surface area (Å²) in [4.78, 5) is 15.0. The molecule has 0 spiro atoms. The SMILES string of the molecule is COc1cc(Br)c(OC)c(C(=O)N2CCN(S(=O)(=O)c3ccc(C)c(C)c3)CC2)c1. The lowest BCUT2D eigenvalue weighted by molar-refractivity contribution is 0.0694. The second kappa shape index (κ2) is 8.95. The smallest absolute Gasteiger partial charge is 0.257 e. The average molecular weight is 497 g/mol. The number of piperazine rings is 1. The van der Waals surface area contributed by atoms with E-state index in [2.05, 4.69) is 15.9 Å². The van der Waals surface area contributed by atoms with Gasteiger partial charge in [-0.3, -0.25) is 4.79 Å². The van der Waals surface area contributed by atoms with Crippen molar-refractivity contribution < 1.29 is 22.7 Å². The second-order valence-corrected chi connectivity index (χ2v) is 9.92. The summed E-state index contributed by atoms with van der Waals surface area (Å²) in [5, 5.41) is 0. The zero-order valence-electron chi connectivity index (χ0n) is 17.4. The molecule has 0 N–H and O–H groups in total. The van der Waals surface area contributed by atoms with Crippen molar-refractivity contribution in [2.45, 2.75) is 18.7 Å². The van der Waals surface area contributed by atoms with Crippen LogP contribution in [0, 0.1) is 13.8 Å². The van der Waals surface area contributed by atoms with Crippen molar-refractivity contribution in [2.75, 3.05) is 40.4 Å². The highest BCUT2D eigenvalue weighted by atomic mass is 79.9. The summed E-state index contributed by atoms with van der Waals surface area (Å²) in [6.07, 6.45) is 0. The predicted molar refractivity (Wildman–Crippen MR) is 118 cm³/mol. The van der Waals surface area contributed by atoms with Crippen molar-refractivity contribution in [3.8, 4) is 11.5 Å². The number of hydrogen-bond acceptors (Lipinski definition) is 5. The summed E-state index contributed by atoms with van der Waals surface area (Å²) in [6, 6.07) is 8.50. The Labute approximate surface area is 185 Å². The van der Waals surface area contributed by atoms with Gasteiger partial charge in [0, 0.05) is 26.2 Å². The number of amides is 1. The van der Waals surface area contributed by atoms with Crippen molar-refractivity contribution in [1.29, 1.82) is 0 Å². The fourth-order valence-corrected chi connectivity index (χ4v) is 5.49. The third-order valence-corrected chi connectivity index (χ3v) is 7.81. The van der Waals surface area contributed by atoms with Crippen LogP contribution >= 0.6 is 15.9 Å². The number of nitrogens with zero attached hydrogens (tertiary/aromatic N) is 2. The maximum Gasteiger partial charge on any atom is 0.257 e. The zero-order valence-corrected chi connectivity index (χ0v) is 19.8. The number of hydrogen-bond donors (Lipinski definition) is 0. The van der Waals surface area contributed by atoms with Gasteiger partial charge >= 0.3 is 0 Å². The van der Waals surface area contributed by atoms with Gasteiger partial charge in [0.25, 0.3) is 5.91 Å². The van der Waals surface area contributed by atoms with Gasteiger partial charge in [-0.05, 0) is 65.2 Å². The molecule has 1 aliphatic heterocycles. The maximum absolute atomic E-state index is 13.1. The molecule has 30 heavy (non-hydrogen) atoms. The van der Waals surface area contributed by atoms with E-state index in [4.69, 9.17) is 9.47 Å². The van der Waals surface area contributed by atoms with E-state index in [1.807, 2.05) is 19.9 Å². The first-order chi connectivity index (χ1) is 14.2. The third-order valence-electron chi connectivity index (χ3n) is 5.33. The van der Waals surface area contributed by atoms with E-state index < -0.39 is 10.0 Å². The van der Waals surface area contributed by atoms with Gasteiger partial charge in [-0.15, -0.1) is 0 Å². The fourth-order valence-electron chi connectivity index (χ4n) is 3.38. The van der Waals surface area contributed by atoms with Crippen molar-refractivity contribution in [2.24, 2.45) is 0 Å². The van der Waals surface area contributed by atoms with Crippen LogP contribution in [0.1, 0.15) is 21.5 Å². The Kier molecular flexibility index (Phi) is 6.74. The number of halogens is 1. The molecule has 0 radical (unpaired) electrons. The Morgan fingerprint density at radius 1 is 0.967 bits per heavy atom. The molecule has 1 aliphatic rings. The Morgan fingerprint density at radius 3 is 2.20 bits per heavy atom. The largest absolute Gasteiger partial charge is 0.497 e. The van der Waals surface area contributed by atoms with E-state index in [1.54, 1.807) is 29.2 Å². The van der Waals surface area contributed by atoms with Crippen molar-refractivity contribution >= 4 is 31.9 Å². The van der Waals surface area contributed by atoms with Crippen LogP contribution < -0.4 is 9.47 Å². The summed E-state index contributed by atoms with van der Waals surface area (Å²) < 4.78 is 38.7. The zero-order chi connectivity index (χ0) is 22.1. The van der Waals surface area contributed by atoms with Gasteiger partial charge in [-0.25, -0.2) is 8.42 Å². The Hall–Kier alpha value is -2.10. The molecule has 0 atom stereocenters. The topological polar surface area (TPSA) is 76.2 Å². The molecule has 7 nitrogen and oxygen atoms in total. The monoisotopic (exact) mass is 496 g/mol. The number of methoxy groups -OCH3 is 2. The van der Waals surface area contributed by atoms with Gasteiger partial charge in [-0.2, -0.15) is 4.31 Å². The maximum atomic E-state index is 13.1. The minimum atomic E-state index is -3.60. The van der Waals surface area contributed by atoms with E-state index in [0.717, 1.165) is 11.1 Å². The molecular weight excluding hydrogens is 472 g/mol. The summed E-state index contributed by atoms with van der Waals surface area (Å²) in [5.41, 5.74) is 2.34. The van der Waals surface area contributed by atoms with E-state index in [1.165, 1.54) is 18.5 Å². The van der Waals surface area contributed by atoms with E-state index in [0.29, 0.717) is 34.6 Å². The molecular formula is C21H25BrN2O5S. The summed E-state index contributed by atoms with van der Waals surface area (Å²) in [5.74, 6) is 0.725. The highest BCUT2D eigenvalue weighted by Gasteiger charge is 2.32. The quantitative estimate of drug-likeness (QED) is 0.634. The molecule has 0 saturated carbocycles. The van der Waals surface area contributed by atoms with Gasteiger partial charge in [0.05, 0.1) is 29.2 Å². The number of sulfonamides is 1. The van der Waals surface area contributed by atoms with E-state index in [9.17, 15) is 13.2 Å². The van der Waals surface area contributed by atoms with Gasteiger partial charge in [0.15, 0.2) is 0 Å². The molecule has 162 valence electrons. The first-order valence-electron chi connectivity index (χ1n) is 9.47. The number of carbonyl (C=O) groups is 1. The lowest BCUT2D eigenvalue weighted by atomic mass is 10.1. The molecule has 1 saturated heterocycles.